The van der Waals surface area contributed by atoms with Gasteiger partial charge < -0.3 is 15.0 Å². The molecule has 7 nitrogen and oxygen atoms in total. The van der Waals surface area contributed by atoms with Gasteiger partial charge in [0.1, 0.15) is 12.4 Å². The van der Waals surface area contributed by atoms with Gasteiger partial charge in [-0.1, -0.05) is 36.4 Å². The van der Waals surface area contributed by atoms with Crippen LogP contribution in [-0.4, -0.2) is 53.3 Å². The van der Waals surface area contributed by atoms with E-state index in [2.05, 4.69) is 21.3 Å². The number of para-hydroxylation sites is 1. The molecule has 0 saturated carbocycles. The van der Waals surface area contributed by atoms with Crippen LogP contribution >= 0.6 is 0 Å². The first-order chi connectivity index (χ1) is 16.5. The first-order valence-electron chi connectivity index (χ1n) is 11.5. The summed E-state index contributed by atoms with van der Waals surface area (Å²) in [5, 5.41) is 2.69. The summed E-state index contributed by atoms with van der Waals surface area (Å²) in [5.74, 6) is 0.771. The molecule has 0 unspecified atom stereocenters. The third-order valence-electron chi connectivity index (χ3n) is 6.16. The highest BCUT2D eigenvalue weighted by Gasteiger charge is 2.30. The van der Waals surface area contributed by atoms with Crippen LogP contribution < -0.4 is 10.1 Å². The lowest BCUT2D eigenvalue weighted by Crippen LogP contribution is -2.49. The highest BCUT2D eigenvalue weighted by molar-refractivity contribution is 5.94. The smallest absolute Gasteiger partial charge is 0.251 e. The van der Waals surface area contributed by atoms with Gasteiger partial charge in [0.25, 0.3) is 5.91 Å². The normalized spacial score (nSPS) is 16.2. The number of ether oxygens (including phenoxy) is 1. The van der Waals surface area contributed by atoms with E-state index >= 15 is 0 Å². The van der Waals surface area contributed by atoms with Crippen molar-refractivity contribution in [1.29, 1.82) is 0 Å². The Morgan fingerprint density at radius 2 is 1.94 bits per heavy atom. The molecule has 1 aliphatic rings. The van der Waals surface area contributed by atoms with Gasteiger partial charge in [-0.2, -0.15) is 0 Å². The maximum absolute atomic E-state index is 12.2. The number of hydrogen-bond acceptors (Lipinski definition) is 5. The van der Waals surface area contributed by atoms with Crippen molar-refractivity contribution in [2.75, 3.05) is 26.7 Å². The molecule has 2 heterocycles. The van der Waals surface area contributed by atoms with Gasteiger partial charge in [0, 0.05) is 69.2 Å². The van der Waals surface area contributed by atoms with Crippen molar-refractivity contribution in [2.45, 2.75) is 26.1 Å². The van der Waals surface area contributed by atoms with E-state index in [4.69, 9.17) is 4.74 Å². The summed E-state index contributed by atoms with van der Waals surface area (Å²) >= 11 is 0. The number of nitrogens with zero attached hydrogens (tertiary/aromatic N) is 3. The first-order valence-corrected chi connectivity index (χ1v) is 11.5. The van der Waals surface area contributed by atoms with Crippen LogP contribution in [0.4, 0.5) is 0 Å². The molecule has 1 aliphatic heterocycles. The fourth-order valence-electron chi connectivity index (χ4n) is 4.28. The van der Waals surface area contributed by atoms with E-state index in [1.54, 1.807) is 32.4 Å². The number of benzene rings is 2. The Morgan fingerprint density at radius 1 is 1.09 bits per heavy atom. The van der Waals surface area contributed by atoms with Gasteiger partial charge in [0.2, 0.25) is 5.91 Å². The van der Waals surface area contributed by atoms with Gasteiger partial charge in [-0.15, -0.1) is 0 Å². The molecule has 0 aliphatic carbocycles. The molecule has 1 saturated heterocycles. The SMILES string of the molecule is CNC(=O)c1cccc([C@@H]2CN(C(C)=O)CCN2Cc2ccccc2OCc2cccnc2)c1. The molecule has 1 atom stereocenters. The Labute approximate surface area is 200 Å². The van der Waals surface area contributed by atoms with Crippen LogP contribution in [0, 0.1) is 0 Å². The predicted molar refractivity (Wildman–Crippen MR) is 130 cm³/mol. The van der Waals surface area contributed by atoms with E-state index in [0.29, 0.717) is 31.8 Å². The summed E-state index contributed by atoms with van der Waals surface area (Å²) in [5.41, 5.74) is 3.72. The number of aromatic nitrogens is 1. The predicted octanol–water partition coefficient (Wildman–Crippen LogP) is 3.43. The van der Waals surface area contributed by atoms with E-state index in [-0.39, 0.29) is 17.9 Å². The van der Waals surface area contributed by atoms with Crippen LogP contribution in [0.2, 0.25) is 0 Å². The van der Waals surface area contributed by atoms with Gasteiger partial charge >= 0.3 is 0 Å². The van der Waals surface area contributed by atoms with Crippen molar-refractivity contribution >= 4 is 11.8 Å². The first kappa shape index (κ1) is 23.4. The van der Waals surface area contributed by atoms with E-state index < -0.39 is 0 Å². The molecule has 2 aromatic carbocycles. The second-order valence-electron chi connectivity index (χ2n) is 8.41. The van der Waals surface area contributed by atoms with Gasteiger partial charge in [0.05, 0.1) is 6.04 Å². The standard InChI is InChI=1S/C27H30N4O3/c1-20(32)30-13-14-31(25(18-30)22-9-5-10-23(15-22)27(33)28-2)17-24-8-3-4-11-26(24)34-19-21-7-6-12-29-16-21/h3-12,15-16,25H,13-14,17-19H2,1-2H3,(H,28,33)/t25-/m0/s1. The minimum Gasteiger partial charge on any atom is -0.489 e. The van der Waals surface area contributed by atoms with Crippen molar-refractivity contribution in [2.24, 2.45) is 0 Å². The third kappa shape index (κ3) is 5.61. The Hall–Kier alpha value is -3.71. The highest BCUT2D eigenvalue weighted by atomic mass is 16.5. The monoisotopic (exact) mass is 458 g/mol. The summed E-state index contributed by atoms with van der Waals surface area (Å²) in [4.78, 5) is 32.8. The molecule has 7 heteroatoms. The zero-order chi connectivity index (χ0) is 23.9. The van der Waals surface area contributed by atoms with Gasteiger partial charge in [-0.25, -0.2) is 0 Å². The average Bonchev–Trinajstić information content (AvgIpc) is 2.88. The summed E-state index contributed by atoms with van der Waals surface area (Å²) in [7, 11) is 1.63. The quantitative estimate of drug-likeness (QED) is 0.587. The number of nitrogens with one attached hydrogen (secondary N) is 1. The van der Waals surface area contributed by atoms with Gasteiger partial charge in [-0.05, 0) is 29.8 Å². The highest BCUT2D eigenvalue weighted by Crippen LogP contribution is 2.30. The van der Waals surface area contributed by atoms with E-state index in [1.807, 2.05) is 53.4 Å². The summed E-state index contributed by atoms with van der Waals surface area (Å²) in [6.45, 7) is 4.69. The molecule has 4 rings (SSSR count). The number of carbonyl (C=O) groups is 2. The van der Waals surface area contributed by atoms with Crippen LogP contribution in [0.25, 0.3) is 0 Å². The number of rotatable bonds is 7. The topological polar surface area (TPSA) is 74.8 Å². The maximum Gasteiger partial charge on any atom is 0.251 e. The largest absolute Gasteiger partial charge is 0.489 e. The second kappa shape index (κ2) is 10.9. The molecule has 34 heavy (non-hydrogen) atoms. The van der Waals surface area contributed by atoms with Crippen LogP contribution in [0.15, 0.2) is 73.1 Å². The van der Waals surface area contributed by atoms with Crippen molar-refractivity contribution in [3.8, 4) is 5.75 Å². The molecular weight excluding hydrogens is 428 g/mol. The van der Waals surface area contributed by atoms with Crippen molar-refractivity contribution in [1.82, 2.24) is 20.1 Å². The molecule has 1 N–H and O–H groups in total. The molecule has 0 bridgehead atoms. The van der Waals surface area contributed by atoms with Gasteiger partial charge in [0.15, 0.2) is 0 Å². The Balaban J connectivity index is 1.57. The maximum atomic E-state index is 12.2. The van der Waals surface area contributed by atoms with Crippen LogP contribution in [0.3, 0.4) is 0 Å². The number of piperazine rings is 1. The number of hydrogen-bond donors (Lipinski definition) is 1. The van der Waals surface area contributed by atoms with Crippen molar-refractivity contribution in [3.63, 3.8) is 0 Å². The van der Waals surface area contributed by atoms with Gasteiger partial charge in [-0.3, -0.25) is 19.5 Å². The zero-order valence-corrected chi connectivity index (χ0v) is 19.6. The Bertz CT molecular complexity index is 1140. The molecule has 3 aromatic rings. The minimum absolute atomic E-state index is 0.0337. The van der Waals surface area contributed by atoms with Crippen molar-refractivity contribution < 1.29 is 14.3 Å². The molecule has 0 spiro atoms. The number of pyridine rings is 1. The average molecular weight is 459 g/mol. The fraction of sp³-hybridized carbons (Fsp3) is 0.296. The lowest BCUT2D eigenvalue weighted by Gasteiger charge is -2.41. The molecule has 176 valence electrons. The zero-order valence-electron chi connectivity index (χ0n) is 19.6. The third-order valence-corrected chi connectivity index (χ3v) is 6.16. The van der Waals surface area contributed by atoms with E-state index in [9.17, 15) is 9.59 Å². The Kier molecular flexibility index (Phi) is 7.54. The molecular formula is C27H30N4O3. The summed E-state index contributed by atoms with van der Waals surface area (Å²) in [6.07, 6.45) is 3.55. The molecule has 1 aromatic heterocycles. The fourth-order valence-corrected chi connectivity index (χ4v) is 4.28. The molecule has 0 radical (unpaired) electrons. The minimum atomic E-state index is -0.123. The summed E-state index contributed by atoms with van der Waals surface area (Å²) < 4.78 is 6.15. The van der Waals surface area contributed by atoms with Crippen LogP contribution in [0.5, 0.6) is 5.75 Å². The van der Waals surface area contributed by atoms with Crippen molar-refractivity contribution in [3.05, 3.63) is 95.3 Å². The number of carbonyl (C=O) groups excluding carboxylic acids is 2. The van der Waals surface area contributed by atoms with E-state index in [0.717, 1.165) is 29.0 Å². The Morgan fingerprint density at radius 3 is 2.71 bits per heavy atom. The van der Waals surface area contributed by atoms with Crippen LogP contribution in [-0.2, 0) is 17.9 Å². The molecule has 1 fully saturated rings. The number of amides is 2. The summed E-state index contributed by atoms with van der Waals surface area (Å²) in [6, 6.07) is 19.6. The molecule has 2 amide bonds. The van der Waals surface area contributed by atoms with E-state index in [1.165, 1.54) is 0 Å². The second-order valence-corrected chi connectivity index (χ2v) is 8.41. The lowest BCUT2D eigenvalue weighted by atomic mass is 9.98. The van der Waals surface area contributed by atoms with Crippen LogP contribution in [0.1, 0.15) is 40.0 Å². The lowest BCUT2D eigenvalue weighted by molar-refractivity contribution is -0.132.